The smallest absolute Gasteiger partial charge is 0.135 e. The first-order valence-electron chi connectivity index (χ1n) is 6.59. The number of nitrogens with zero attached hydrogens (tertiary/aromatic N) is 1. The lowest BCUT2D eigenvalue weighted by Crippen LogP contribution is -2.55. The molecule has 2 rings (SSSR count). The fraction of sp³-hybridized carbons (Fsp3) is 0.571. The normalized spacial score (nSPS) is 23.5. The van der Waals surface area contributed by atoms with Crippen molar-refractivity contribution in [3.05, 3.63) is 21.1 Å². The van der Waals surface area contributed by atoms with Crippen LogP contribution in [0.4, 0.5) is 5.69 Å². The molecule has 2 unspecified atom stereocenters. The maximum Gasteiger partial charge on any atom is 0.135 e. The second-order valence-electron chi connectivity index (χ2n) is 4.96. The quantitative estimate of drug-likeness (QED) is 0.847. The van der Waals surface area contributed by atoms with Crippen LogP contribution in [0, 0.1) is 0 Å². The maximum absolute atomic E-state index is 5.42. The molecule has 2 atom stereocenters. The van der Waals surface area contributed by atoms with Crippen molar-refractivity contribution in [1.29, 1.82) is 0 Å². The van der Waals surface area contributed by atoms with Gasteiger partial charge in [-0.15, -0.1) is 0 Å². The second-order valence-corrected chi connectivity index (χ2v) is 6.67. The molecule has 1 heterocycles. The molecule has 0 saturated carbocycles. The predicted molar refractivity (Wildman–Crippen MR) is 87.3 cm³/mol. The monoisotopic (exact) mass is 390 g/mol. The van der Waals surface area contributed by atoms with Gasteiger partial charge >= 0.3 is 0 Å². The summed E-state index contributed by atoms with van der Waals surface area (Å²) in [5.41, 5.74) is 1.21. The van der Waals surface area contributed by atoms with Gasteiger partial charge < -0.3 is 15.0 Å². The summed E-state index contributed by atoms with van der Waals surface area (Å²) < 4.78 is 7.50. The van der Waals surface area contributed by atoms with Crippen molar-refractivity contribution < 1.29 is 4.74 Å². The first-order chi connectivity index (χ1) is 9.06. The number of ether oxygens (including phenoxy) is 1. The number of benzene rings is 1. The summed E-state index contributed by atoms with van der Waals surface area (Å²) in [6.45, 7) is 6.51. The van der Waals surface area contributed by atoms with E-state index in [1.807, 2.05) is 0 Å². The first kappa shape index (κ1) is 15.1. The Balaban J connectivity index is 2.37. The Morgan fingerprint density at radius 3 is 2.74 bits per heavy atom. The van der Waals surface area contributed by atoms with Crippen molar-refractivity contribution in [2.45, 2.75) is 32.4 Å². The molecule has 0 bridgehead atoms. The largest absolute Gasteiger partial charge is 0.495 e. The Kier molecular flexibility index (Phi) is 5.15. The van der Waals surface area contributed by atoms with Crippen LogP contribution in [0.1, 0.15) is 20.3 Å². The number of methoxy groups -OCH3 is 1. The number of nitrogens with one attached hydrogen (secondary N) is 1. The van der Waals surface area contributed by atoms with E-state index in [9.17, 15) is 0 Å². The molecule has 0 spiro atoms. The molecule has 1 aliphatic rings. The van der Waals surface area contributed by atoms with Gasteiger partial charge in [-0.2, -0.15) is 0 Å². The summed E-state index contributed by atoms with van der Waals surface area (Å²) in [7, 11) is 1.70. The third-order valence-electron chi connectivity index (χ3n) is 3.62. The molecule has 1 fully saturated rings. The number of halogens is 2. The minimum absolute atomic E-state index is 0.504. The summed E-state index contributed by atoms with van der Waals surface area (Å²) in [4.78, 5) is 2.47. The van der Waals surface area contributed by atoms with E-state index in [2.05, 4.69) is 68.1 Å². The van der Waals surface area contributed by atoms with Crippen LogP contribution in [0.3, 0.4) is 0 Å². The molecule has 1 saturated heterocycles. The predicted octanol–water partition coefficient (Wildman–Crippen LogP) is 3.80. The number of hydrogen-bond acceptors (Lipinski definition) is 3. The van der Waals surface area contributed by atoms with Crippen LogP contribution in [0.2, 0.25) is 0 Å². The highest BCUT2D eigenvalue weighted by Gasteiger charge is 2.26. The summed E-state index contributed by atoms with van der Waals surface area (Å²) in [5.74, 6) is 0.874. The standard InChI is InChI=1S/C14H20Br2N2O/c1-4-10-7-17-9(2)8-18(10)13-6-14(19-3)12(16)5-11(13)15/h5-6,9-10,17H,4,7-8H2,1-3H3. The van der Waals surface area contributed by atoms with Crippen LogP contribution in [0.15, 0.2) is 21.1 Å². The molecule has 1 N–H and O–H groups in total. The highest BCUT2D eigenvalue weighted by molar-refractivity contribution is 9.11. The van der Waals surface area contributed by atoms with E-state index >= 15 is 0 Å². The highest BCUT2D eigenvalue weighted by Crippen LogP contribution is 2.38. The Morgan fingerprint density at radius 1 is 1.37 bits per heavy atom. The zero-order valence-electron chi connectivity index (χ0n) is 11.5. The van der Waals surface area contributed by atoms with Gasteiger partial charge in [-0.3, -0.25) is 0 Å². The number of hydrogen-bond donors (Lipinski definition) is 1. The van der Waals surface area contributed by atoms with Crippen LogP contribution >= 0.6 is 31.9 Å². The van der Waals surface area contributed by atoms with Gasteiger partial charge in [-0.25, -0.2) is 0 Å². The lowest BCUT2D eigenvalue weighted by atomic mass is 10.1. The lowest BCUT2D eigenvalue weighted by Gasteiger charge is -2.41. The van der Waals surface area contributed by atoms with E-state index < -0.39 is 0 Å². The van der Waals surface area contributed by atoms with Gasteiger partial charge in [0.25, 0.3) is 0 Å². The summed E-state index contributed by atoms with van der Waals surface area (Å²) >= 11 is 7.20. The van der Waals surface area contributed by atoms with Crippen molar-refractivity contribution in [3.63, 3.8) is 0 Å². The fourth-order valence-corrected chi connectivity index (χ4v) is 3.89. The summed E-state index contributed by atoms with van der Waals surface area (Å²) in [6.07, 6.45) is 1.13. The maximum atomic E-state index is 5.42. The Labute approximate surface area is 132 Å². The van der Waals surface area contributed by atoms with E-state index in [4.69, 9.17) is 4.74 Å². The van der Waals surface area contributed by atoms with Crippen molar-refractivity contribution >= 4 is 37.5 Å². The van der Waals surface area contributed by atoms with Crippen LogP contribution in [0.25, 0.3) is 0 Å². The lowest BCUT2D eigenvalue weighted by molar-refractivity contribution is 0.397. The van der Waals surface area contributed by atoms with E-state index in [1.54, 1.807) is 7.11 Å². The van der Waals surface area contributed by atoms with Crippen LogP contribution in [0.5, 0.6) is 5.75 Å². The van der Waals surface area contributed by atoms with E-state index in [1.165, 1.54) is 5.69 Å². The average Bonchev–Trinajstić information content (AvgIpc) is 2.39. The minimum Gasteiger partial charge on any atom is -0.495 e. The first-order valence-corrected chi connectivity index (χ1v) is 8.18. The van der Waals surface area contributed by atoms with E-state index in [0.717, 1.165) is 34.2 Å². The molecule has 1 aliphatic heterocycles. The molecule has 106 valence electrons. The zero-order chi connectivity index (χ0) is 14.0. The van der Waals surface area contributed by atoms with E-state index in [-0.39, 0.29) is 0 Å². The molecule has 5 heteroatoms. The second kappa shape index (κ2) is 6.46. The molecular formula is C14H20Br2N2O. The number of piperazine rings is 1. The van der Waals surface area contributed by atoms with Crippen molar-refractivity contribution in [1.82, 2.24) is 5.32 Å². The third-order valence-corrected chi connectivity index (χ3v) is 4.87. The minimum atomic E-state index is 0.504. The molecule has 0 aliphatic carbocycles. The van der Waals surface area contributed by atoms with Crippen LogP contribution in [-0.4, -0.2) is 32.3 Å². The molecular weight excluding hydrogens is 372 g/mol. The summed E-state index contributed by atoms with van der Waals surface area (Å²) in [5, 5.41) is 3.54. The van der Waals surface area contributed by atoms with Gasteiger partial charge in [0.05, 0.1) is 17.3 Å². The summed E-state index contributed by atoms with van der Waals surface area (Å²) in [6, 6.07) is 5.20. The Morgan fingerprint density at radius 2 is 2.11 bits per heavy atom. The molecule has 19 heavy (non-hydrogen) atoms. The molecule has 0 radical (unpaired) electrons. The Bertz CT molecular complexity index is 453. The fourth-order valence-electron chi connectivity index (χ4n) is 2.51. The number of rotatable bonds is 3. The Hall–Kier alpha value is -0.260. The van der Waals surface area contributed by atoms with Gasteiger partial charge in [0.2, 0.25) is 0 Å². The SMILES string of the molecule is CCC1CNC(C)CN1c1cc(OC)c(Br)cc1Br. The average molecular weight is 392 g/mol. The van der Waals surface area contributed by atoms with Crippen molar-refractivity contribution in [3.8, 4) is 5.75 Å². The highest BCUT2D eigenvalue weighted by atomic mass is 79.9. The van der Waals surface area contributed by atoms with Gasteiger partial charge in [0, 0.05) is 35.7 Å². The third kappa shape index (κ3) is 3.26. The number of anilines is 1. The molecule has 1 aromatic rings. The molecule has 0 amide bonds. The van der Waals surface area contributed by atoms with Crippen LogP contribution in [-0.2, 0) is 0 Å². The van der Waals surface area contributed by atoms with Gasteiger partial charge in [0.15, 0.2) is 0 Å². The van der Waals surface area contributed by atoms with E-state index in [0.29, 0.717) is 12.1 Å². The zero-order valence-corrected chi connectivity index (χ0v) is 14.7. The molecule has 3 nitrogen and oxygen atoms in total. The van der Waals surface area contributed by atoms with Gasteiger partial charge in [-0.05, 0) is 51.3 Å². The molecule has 1 aromatic carbocycles. The molecule has 0 aromatic heterocycles. The van der Waals surface area contributed by atoms with Crippen molar-refractivity contribution in [2.75, 3.05) is 25.1 Å². The topological polar surface area (TPSA) is 24.5 Å². The van der Waals surface area contributed by atoms with Crippen molar-refractivity contribution in [2.24, 2.45) is 0 Å². The van der Waals surface area contributed by atoms with Crippen LogP contribution < -0.4 is 15.0 Å². The van der Waals surface area contributed by atoms with Gasteiger partial charge in [-0.1, -0.05) is 6.92 Å². The van der Waals surface area contributed by atoms with Gasteiger partial charge in [0.1, 0.15) is 5.75 Å².